The van der Waals surface area contributed by atoms with Gasteiger partial charge in [-0.25, -0.2) is 4.98 Å². The minimum atomic E-state index is -0.854. The average molecular weight is 337 g/mol. The summed E-state index contributed by atoms with van der Waals surface area (Å²) in [5.41, 5.74) is -1.04. The molecule has 7 heteroatoms. The number of rotatable bonds is 3. The SMILES string of the molecule is O=c1[nH]cnc(NCC2(O)CCOC2)c1I. The number of aromatic nitrogens is 2. The summed E-state index contributed by atoms with van der Waals surface area (Å²) in [6, 6.07) is 0. The molecule has 0 bridgehead atoms. The largest absolute Gasteiger partial charge is 0.386 e. The van der Waals surface area contributed by atoms with Crippen LogP contribution in [0.3, 0.4) is 0 Å². The molecule has 2 rings (SSSR count). The topological polar surface area (TPSA) is 87.2 Å². The van der Waals surface area contributed by atoms with Crippen LogP contribution in [0.4, 0.5) is 5.82 Å². The van der Waals surface area contributed by atoms with Crippen LogP contribution in [0.15, 0.2) is 11.1 Å². The first-order valence-corrected chi connectivity index (χ1v) is 5.96. The highest BCUT2D eigenvalue weighted by molar-refractivity contribution is 14.1. The normalized spacial score (nSPS) is 24.6. The number of hydrogen-bond acceptors (Lipinski definition) is 5. The molecule has 1 aromatic rings. The fraction of sp³-hybridized carbons (Fsp3) is 0.556. The lowest BCUT2D eigenvalue weighted by molar-refractivity contribution is 0.0381. The molecule has 0 aliphatic carbocycles. The minimum Gasteiger partial charge on any atom is -0.386 e. The van der Waals surface area contributed by atoms with E-state index in [1.807, 2.05) is 22.6 Å². The highest BCUT2D eigenvalue weighted by Crippen LogP contribution is 2.19. The van der Waals surface area contributed by atoms with E-state index in [1.165, 1.54) is 6.33 Å². The van der Waals surface area contributed by atoms with Crippen LogP contribution >= 0.6 is 22.6 Å². The molecule has 0 amide bonds. The van der Waals surface area contributed by atoms with E-state index in [0.29, 0.717) is 35.6 Å². The summed E-state index contributed by atoms with van der Waals surface area (Å²) >= 11 is 1.91. The van der Waals surface area contributed by atoms with Crippen molar-refractivity contribution in [3.05, 3.63) is 20.3 Å². The third-order valence-corrected chi connectivity index (χ3v) is 3.46. The summed E-state index contributed by atoms with van der Waals surface area (Å²) in [7, 11) is 0. The molecule has 1 unspecified atom stereocenters. The standard InChI is InChI=1S/C9H12IN3O3/c10-6-7(12-5-13-8(6)14)11-3-9(15)1-2-16-4-9/h5,15H,1-4H2,(H2,11,12,13,14). The summed E-state index contributed by atoms with van der Waals surface area (Å²) in [5, 5.41) is 13.0. The molecule has 16 heavy (non-hydrogen) atoms. The van der Waals surface area contributed by atoms with Crippen LogP contribution in [0.1, 0.15) is 6.42 Å². The van der Waals surface area contributed by atoms with E-state index in [1.54, 1.807) is 0 Å². The zero-order valence-electron chi connectivity index (χ0n) is 8.49. The lowest BCUT2D eigenvalue weighted by Crippen LogP contribution is -2.37. The minimum absolute atomic E-state index is 0.187. The Hall–Kier alpha value is -0.670. The molecule has 2 heterocycles. The van der Waals surface area contributed by atoms with Crippen molar-refractivity contribution < 1.29 is 9.84 Å². The summed E-state index contributed by atoms with van der Waals surface area (Å²) < 4.78 is 5.61. The zero-order chi connectivity index (χ0) is 11.6. The van der Waals surface area contributed by atoms with Gasteiger partial charge in [-0.2, -0.15) is 0 Å². The van der Waals surface area contributed by atoms with Crippen LogP contribution < -0.4 is 10.9 Å². The number of halogens is 1. The Kier molecular flexibility index (Phi) is 3.45. The quantitative estimate of drug-likeness (QED) is 0.673. The first kappa shape index (κ1) is 11.8. The molecular weight excluding hydrogens is 325 g/mol. The van der Waals surface area contributed by atoms with Crippen LogP contribution in [0, 0.1) is 3.57 Å². The number of nitrogens with zero attached hydrogens (tertiary/aromatic N) is 1. The summed E-state index contributed by atoms with van der Waals surface area (Å²) in [5.74, 6) is 0.490. The van der Waals surface area contributed by atoms with Crippen molar-refractivity contribution in [1.29, 1.82) is 0 Å². The van der Waals surface area contributed by atoms with Gasteiger partial charge in [0.2, 0.25) is 0 Å². The maximum atomic E-state index is 11.3. The van der Waals surface area contributed by atoms with Crippen LogP contribution in [0.2, 0.25) is 0 Å². The van der Waals surface area contributed by atoms with Crippen molar-refractivity contribution in [1.82, 2.24) is 9.97 Å². The van der Waals surface area contributed by atoms with Crippen LogP contribution in [0.5, 0.6) is 0 Å². The predicted molar refractivity (Wildman–Crippen MR) is 66.5 cm³/mol. The van der Waals surface area contributed by atoms with Gasteiger partial charge in [-0.05, 0) is 22.6 Å². The number of H-pyrrole nitrogens is 1. The molecule has 0 saturated carbocycles. The highest BCUT2D eigenvalue weighted by Gasteiger charge is 2.32. The maximum Gasteiger partial charge on any atom is 0.266 e. The first-order chi connectivity index (χ1) is 7.61. The van der Waals surface area contributed by atoms with E-state index < -0.39 is 5.60 Å². The van der Waals surface area contributed by atoms with Gasteiger partial charge in [-0.3, -0.25) is 4.79 Å². The molecule has 0 radical (unpaired) electrons. The second-order valence-corrected chi connectivity index (χ2v) is 4.85. The number of ether oxygens (including phenoxy) is 1. The first-order valence-electron chi connectivity index (χ1n) is 4.88. The second-order valence-electron chi connectivity index (χ2n) is 3.77. The van der Waals surface area contributed by atoms with Gasteiger partial charge in [0.1, 0.15) is 15.0 Å². The van der Waals surface area contributed by atoms with Crippen molar-refractivity contribution in [2.24, 2.45) is 0 Å². The van der Waals surface area contributed by atoms with Crippen LogP contribution in [-0.2, 0) is 4.74 Å². The smallest absolute Gasteiger partial charge is 0.266 e. The molecular formula is C9H12IN3O3. The molecule has 1 atom stereocenters. The third-order valence-electron chi connectivity index (χ3n) is 2.46. The fourth-order valence-electron chi connectivity index (χ4n) is 1.49. The lowest BCUT2D eigenvalue weighted by Gasteiger charge is -2.21. The number of nitrogens with one attached hydrogen (secondary N) is 2. The van der Waals surface area contributed by atoms with E-state index in [0.717, 1.165) is 0 Å². The molecule has 1 aliphatic heterocycles. The third kappa shape index (κ3) is 2.53. The number of anilines is 1. The van der Waals surface area contributed by atoms with E-state index in [4.69, 9.17) is 4.74 Å². The number of aliphatic hydroxyl groups is 1. The van der Waals surface area contributed by atoms with Crippen molar-refractivity contribution in [3.63, 3.8) is 0 Å². The Morgan fingerprint density at radius 2 is 2.56 bits per heavy atom. The molecule has 3 N–H and O–H groups in total. The lowest BCUT2D eigenvalue weighted by atomic mass is 10.0. The number of hydrogen-bond donors (Lipinski definition) is 3. The molecule has 1 fully saturated rings. The summed E-state index contributed by atoms with van der Waals surface area (Å²) in [6.45, 7) is 1.22. The Morgan fingerprint density at radius 1 is 1.75 bits per heavy atom. The molecule has 1 saturated heterocycles. The van der Waals surface area contributed by atoms with Crippen molar-refractivity contribution >= 4 is 28.4 Å². The van der Waals surface area contributed by atoms with Gasteiger partial charge in [-0.15, -0.1) is 0 Å². The van der Waals surface area contributed by atoms with Crippen molar-refractivity contribution in [2.75, 3.05) is 25.1 Å². The predicted octanol–water partition coefficient (Wildman–Crippen LogP) is -0.0622. The second kappa shape index (κ2) is 4.68. The molecule has 0 aromatic carbocycles. The van der Waals surface area contributed by atoms with Crippen LogP contribution in [0.25, 0.3) is 0 Å². The Bertz CT molecular complexity index is 428. The fourth-order valence-corrected chi connectivity index (χ4v) is 1.98. The number of aromatic amines is 1. The van der Waals surface area contributed by atoms with Crippen LogP contribution in [-0.4, -0.2) is 40.4 Å². The monoisotopic (exact) mass is 337 g/mol. The van der Waals surface area contributed by atoms with Gasteiger partial charge >= 0.3 is 0 Å². The Labute approximate surface area is 106 Å². The Balaban J connectivity index is 2.04. The van der Waals surface area contributed by atoms with Gasteiger partial charge in [0.05, 0.1) is 12.9 Å². The van der Waals surface area contributed by atoms with Crippen molar-refractivity contribution in [2.45, 2.75) is 12.0 Å². The van der Waals surface area contributed by atoms with E-state index in [-0.39, 0.29) is 5.56 Å². The van der Waals surface area contributed by atoms with E-state index in [2.05, 4.69) is 15.3 Å². The zero-order valence-corrected chi connectivity index (χ0v) is 10.7. The van der Waals surface area contributed by atoms with E-state index in [9.17, 15) is 9.90 Å². The summed E-state index contributed by atoms with van der Waals surface area (Å²) in [6.07, 6.45) is 1.93. The van der Waals surface area contributed by atoms with E-state index >= 15 is 0 Å². The highest BCUT2D eigenvalue weighted by atomic mass is 127. The van der Waals surface area contributed by atoms with Gasteiger partial charge in [0, 0.05) is 19.6 Å². The Morgan fingerprint density at radius 3 is 3.25 bits per heavy atom. The maximum absolute atomic E-state index is 11.3. The molecule has 0 spiro atoms. The molecule has 1 aliphatic rings. The van der Waals surface area contributed by atoms with Gasteiger partial charge in [-0.1, -0.05) is 0 Å². The molecule has 6 nitrogen and oxygen atoms in total. The van der Waals surface area contributed by atoms with Gasteiger partial charge in [0.15, 0.2) is 0 Å². The molecule has 1 aromatic heterocycles. The van der Waals surface area contributed by atoms with Crippen molar-refractivity contribution in [3.8, 4) is 0 Å². The average Bonchev–Trinajstić information content (AvgIpc) is 2.68. The molecule has 88 valence electrons. The van der Waals surface area contributed by atoms with Gasteiger partial charge < -0.3 is 20.1 Å². The van der Waals surface area contributed by atoms with Gasteiger partial charge in [0.25, 0.3) is 5.56 Å². The summed E-state index contributed by atoms with van der Waals surface area (Å²) in [4.78, 5) is 17.8.